The van der Waals surface area contributed by atoms with Crippen molar-refractivity contribution >= 4 is 11.8 Å². The number of carbonyl (C=O) groups excluding carboxylic acids is 2. The maximum atomic E-state index is 13.2. The number of phenolic OH excluding ortho intramolecular Hbond substituents is 2. The van der Waals surface area contributed by atoms with E-state index in [2.05, 4.69) is 77.3 Å². The van der Waals surface area contributed by atoms with Crippen LogP contribution in [-0.4, -0.2) is 97.2 Å². The third kappa shape index (κ3) is 18.5. The van der Waals surface area contributed by atoms with Crippen LogP contribution in [0.4, 0.5) is 0 Å². The van der Waals surface area contributed by atoms with E-state index in [-0.39, 0.29) is 41.3 Å². The summed E-state index contributed by atoms with van der Waals surface area (Å²) in [7, 11) is 0. The fraction of sp³-hybridized carbons (Fsp3) is 0.397. The highest BCUT2D eigenvalue weighted by molar-refractivity contribution is 5.84. The second-order valence-electron chi connectivity index (χ2n) is 24.5. The summed E-state index contributed by atoms with van der Waals surface area (Å²) < 4.78 is 23.0. The normalized spacial score (nSPS) is 12.3. The Morgan fingerprint density at radius 1 is 0.416 bits per heavy atom. The molecule has 6 aromatic carbocycles. The first-order valence-electron chi connectivity index (χ1n) is 30.8. The molecule has 16 nitrogen and oxygen atoms in total. The number of nitrogens with one attached hydrogen (secondary N) is 2. The van der Waals surface area contributed by atoms with Gasteiger partial charge in [-0.15, -0.1) is 0 Å². The molecule has 2 heterocycles. The van der Waals surface area contributed by atoms with Crippen LogP contribution in [0, 0.1) is 87.0 Å². The van der Waals surface area contributed by atoms with Gasteiger partial charge in [0.05, 0.1) is 31.0 Å². The third-order valence-electron chi connectivity index (χ3n) is 15.5. The van der Waals surface area contributed by atoms with Crippen molar-refractivity contribution in [3.05, 3.63) is 153 Å². The number of ether oxygens (including phenoxy) is 4. The van der Waals surface area contributed by atoms with Crippen molar-refractivity contribution in [2.75, 3.05) is 33.1 Å². The first-order chi connectivity index (χ1) is 42.3. The monoisotopic (exact) mass is 1210 g/mol. The maximum absolute atomic E-state index is 13.2. The van der Waals surface area contributed by atoms with E-state index in [0.717, 1.165) is 105 Å². The van der Waals surface area contributed by atoms with E-state index in [1.54, 1.807) is 39.0 Å². The average Bonchev–Trinajstić information content (AvgIpc) is 0.920. The molecule has 3 unspecified atom stereocenters. The summed E-state index contributed by atoms with van der Waals surface area (Å²) >= 11 is 0. The summed E-state index contributed by atoms with van der Waals surface area (Å²) in [6.45, 7) is 37.3. The van der Waals surface area contributed by atoms with Gasteiger partial charge in [-0.05, 0) is 164 Å². The van der Waals surface area contributed by atoms with Crippen molar-refractivity contribution in [3.8, 4) is 91.3 Å². The highest BCUT2D eigenvalue weighted by Gasteiger charge is 2.24. The molecule has 4 N–H and O–H groups in total. The van der Waals surface area contributed by atoms with Gasteiger partial charge in [0, 0.05) is 47.6 Å². The van der Waals surface area contributed by atoms with E-state index in [1.807, 2.05) is 97.0 Å². The zero-order chi connectivity index (χ0) is 64.8. The molecule has 3 atom stereocenters. The zero-order valence-electron chi connectivity index (χ0n) is 55.1. The summed E-state index contributed by atoms with van der Waals surface area (Å²) in [5, 5.41) is 28.1. The lowest BCUT2D eigenvalue weighted by Gasteiger charge is -2.19. The molecule has 0 saturated heterocycles. The maximum Gasteiger partial charge on any atom is 0.262 e. The van der Waals surface area contributed by atoms with Crippen molar-refractivity contribution in [2.45, 2.75) is 143 Å². The number of carbonyl (C=O) groups is 2. The van der Waals surface area contributed by atoms with Crippen molar-refractivity contribution in [2.24, 2.45) is 17.8 Å². The van der Waals surface area contributed by atoms with Gasteiger partial charge in [-0.1, -0.05) is 124 Å². The summed E-state index contributed by atoms with van der Waals surface area (Å²) in [6, 6.07) is 30.1. The minimum atomic E-state index is -1.01. The molecule has 0 aliphatic carbocycles. The Kier molecular flexibility index (Phi) is 23.7. The fourth-order valence-corrected chi connectivity index (χ4v) is 10.1. The van der Waals surface area contributed by atoms with E-state index < -0.39 is 24.0 Å². The van der Waals surface area contributed by atoms with Crippen molar-refractivity contribution in [3.63, 3.8) is 0 Å². The molecule has 89 heavy (non-hydrogen) atoms. The number of amides is 2. The van der Waals surface area contributed by atoms with Crippen LogP contribution in [0.3, 0.4) is 0 Å². The number of aromatic hydroxyl groups is 2. The van der Waals surface area contributed by atoms with Crippen LogP contribution < -0.4 is 20.1 Å². The minimum absolute atomic E-state index is 0.146. The quantitative estimate of drug-likeness (QED) is 0.0327. The number of hydrogen-bond acceptors (Lipinski definition) is 14. The minimum Gasteiger partial charge on any atom is -0.507 e. The van der Waals surface area contributed by atoms with Crippen LogP contribution in [0.2, 0.25) is 0 Å². The van der Waals surface area contributed by atoms with E-state index >= 15 is 0 Å². The number of rotatable bonds is 24. The van der Waals surface area contributed by atoms with Gasteiger partial charge in [0.15, 0.2) is 47.2 Å². The molecule has 2 aromatic heterocycles. The lowest BCUT2D eigenvalue weighted by Crippen LogP contribution is -2.46. The van der Waals surface area contributed by atoms with Gasteiger partial charge in [-0.25, -0.2) is 29.9 Å². The Balaban J connectivity index is 0.000000618. The van der Waals surface area contributed by atoms with Crippen LogP contribution in [-0.2, 0) is 19.1 Å². The number of nitrogens with zero attached hydrogens (tertiary/aromatic N) is 6. The predicted molar refractivity (Wildman–Crippen MR) is 354 cm³/mol. The van der Waals surface area contributed by atoms with Gasteiger partial charge < -0.3 is 39.8 Å². The standard InChI is InChI=1S/C59H60N8O6.C14H30O2/c1-30-13-18-43(34(5)23-30)52-62-53(44-19-14-31(2)24-35(44)6)66-57(65-52)48-26-37(8)51(28-50(48)69)73-41(12)59(71)61-29-60-58(70)40(11)72-42-17-22-47(49(68)27-42)56-64-54(45-20-15-32(3)25-36(45)7)63-55(67-56)46-21-16-33(4)38(9)39(46)10;1-12(2)6-7-14(5)11-16-9-8-15-10-13(3)4/h13-28,40-41,68-69H,29H2,1-12H3,(H,60,70)(H,61,71);12-14H,6-11H2,1-5H3. The van der Waals surface area contributed by atoms with Crippen molar-refractivity contribution in [1.82, 2.24) is 40.5 Å². The number of hydrogen-bond donors (Lipinski definition) is 4. The van der Waals surface area contributed by atoms with E-state index in [0.29, 0.717) is 51.8 Å². The molecular formula is C73H90N8O8. The first-order valence-corrected chi connectivity index (χ1v) is 30.8. The largest absolute Gasteiger partial charge is 0.507 e. The van der Waals surface area contributed by atoms with Crippen molar-refractivity contribution < 1.29 is 38.7 Å². The van der Waals surface area contributed by atoms with Gasteiger partial charge in [-0.2, -0.15) is 0 Å². The first kappa shape index (κ1) is 67.9. The van der Waals surface area contributed by atoms with Gasteiger partial charge in [0.1, 0.15) is 23.0 Å². The lowest BCUT2D eigenvalue weighted by atomic mass is 9.98. The molecule has 0 bridgehead atoms. The smallest absolute Gasteiger partial charge is 0.262 e. The van der Waals surface area contributed by atoms with Crippen LogP contribution in [0.1, 0.15) is 117 Å². The van der Waals surface area contributed by atoms with Crippen LogP contribution in [0.15, 0.2) is 97.1 Å². The molecule has 16 heteroatoms. The molecule has 0 fully saturated rings. The van der Waals surface area contributed by atoms with Gasteiger partial charge in [0.25, 0.3) is 11.8 Å². The second-order valence-corrected chi connectivity index (χ2v) is 24.5. The van der Waals surface area contributed by atoms with Crippen LogP contribution in [0.5, 0.6) is 23.0 Å². The van der Waals surface area contributed by atoms with Gasteiger partial charge in [0.2, 0.25) is 0 Å². The SMILES string of the molecule is CC(C)CCC(C)COCCOCC(C)C.Cc1ccc(-c2nc(-c3ccc(C)cc3C)nc(-c3cc(C)c(OC(C)C(=O)NCNC(=O)C(C)Oc4ccc(-c5nc(-c6ccc(C)cc6C)nc(-c6ccc(C)c(C)c6C)n5)c(O)c4)cc3O)n2)c(C)c1. The molecule has 0 aliphatic heterocycles. The summed E-state index contributed by atoms with van der Waals surface area (Å²) in [4.78, 5) is 55.6. The molecule has 2 amide bonds. The Morgan fingerprint density at radius 2 is 0.843 bits per heavy atom. The highest BCUT2D eigenvalue weighted by atomic mass is 16.5. The molecule has 0 spiro atoms. The van der Waals surface area contributed by atoms with Crippen LogP contribution >= 0.6 is 0 Å². The predicted octanol–water partition coefficient (Wildman–Crippen LogP) is 14.7. The van der Waals surface area contributed by atoms with Crippen molar-refractivity contribution in [1.29, 1.82) is 0 Å². The number of aromatic nitrogens is 6. The number of benzene rings is 6. The van der Waals surface area contributed by atoms with E-state index in [1.165, 1.54) is 25.0 Å². The molecular weight excluding hydrogens is 1120 g/mol. The van der Waals surface area contributed by atoms with E-state index in [4.69, 9.17) is 48.9 Å². The van der Waals surface area contributed by atoms with Crippen LogP contribution in [0.25, 0.3) is 68.3 Å². The number of phenols is 2. The number of aryl methyl sites for hydroxylation is 8. The molecule has 8 rings (SSSR count). The van der Waals surface area contributed by atoms with E-state index in [9.17, 15) is 19.8 Å². The van der Waals surface area contributed by atoms with Gasteiger partial charge >= 0.3 is 0 Å². The average molecular weight is 1210 g/mol. The fourth-order valence-electron chi connectivity index (χ4n) is 10.1. The summed E-state index contributed by atoms with van der Waals surface area (Å²) in [6.07, 6.45) is 0.549. The Hall–Kier alpha value is -8.60. The highest BCUT2D eigenvalue weighted by Crippen LogP contribution is 2.38. The second kappa shape index (κ2) is 31.0. The third-order valence-corrected chi connectivity index (χ3v) is 15.5. The zero-order valence-corrected chi connectivity index (χ0v) is 55.1. The Labute approximate surface area is 526 Å². The lowest BCUT2D eigenvalue weighted by molar-refractivity contribution is -0.129. The molecule has 0 saturated carbocycles. The topological polar surface area (TPSA) is 213 Å². The summed E-state index contributed by atoms with van der Waals surface area (Å²) in [5.41, 5.74) is 14.5. The summed E-state index contributed by atoms with van der Waals surface area (Å²) in [5.74, 6) is 3.71. The molecule has 8 aromatic rings. The molecule has 0 radical (unpaired) electrons. The molecule has 470 valence electrons. The Bertz CT molecular complexity index is 3720. The Morgan fingerprint density at radius 3 is 1.31 bits per heavy atom. The van der Waals surface area contributed by atoms with Gasteiger partial charge in [-0.3, -0.25) is 9.59 Å². The molecule has 0 aliphatic rings.